The molecule has 0 aliphatic carbocycles. The molecule has 0 saturated carbocycles. The highest BCUT2D eigenvalue weighted by molar-refractivity contribution is 5.81. The predicted molar refractivity (Wildman–Crippen MR) is 64.7 cm³/mol. The number of nitrogens with zero attached hydrogens (tertiary/aromatic N) is 3. The van der Waals surface area contributed by atoms with Crippen LogP contribution in [0, 0.1) is 10.1 Å². The van der Waals surface area contributed by atoms with Gasteiger partial charge in [0.05, 0.1) is 18.1 Å². The smallest absolute Gasteiger partial charge is 0.328 e. The van der Waals surface area contributed by atoms with Crippen molar-refractivity contribution in [2.75, 3.05) is 18.6 Å². The van der Waals surface area contributed by atoms with E-state index in [4.69, 9.17) is 0 Å². The Morgan fingerprint density at radius 3 is 3.05 bits per heavy atom. The summed E-state index contributed by atoms with van der Waals surface area (Å²) in [6, 6.07) is 2.00. The fraction of sp³-hybridized carbons (Fsp3) is 0.455. The Morgan fingerprint density at radius 1 is 1.68 bits per heavy atom. The average molecular weight is 267 g/mol. The molecule has 1 fully saturated rings. The number of hydrogen-bond donors (Lipinski definition) is 1. The molecule has 1 N–H and O–H groups in total. The highest BCUT2D eigenvalue weighted by Gasteiger charge is 2.40. The van der Waals surface area contributed by atoms with Gasteiger partial charge in [-0.2, -0.15) is 0 Å². The van der Waals surface area contributed by atoms with E-state index in [1.807, 2.05) is 0 Å². The van der Waals surface area contributed by atoms with Crippen molar-refractivity contribution in [3.05, 3.63) is 28.4 Å². The molecule has 0 unspecified atom stereocenters. The zero-order valence-corrected chi connectivity index (χ0v) is 10.2. The van der Waals surface area contributed by atoms with Gasteiger partial charge in [-0.3, -0.25) is 10.1 Å². The molecule has 1 aliphatic rings. The molecule has 102 valence electrons. The molecule has 1 saturated heterocycles. The molecule has 2 heterocycles. The van der Waals surface area contributed by atoms with Crippen molar-refractivity contribution in [2.24, 2.45) is 0 Å². The quantitative estimate of drug-likeness (QED) is 0.470. The average Bonchev–Trinajstić information content (AvgIpc) is 2.79. The summed E-state index contributed by atoms with van der Waals surface area (Å²) in [4.78, 5) is 27.4. The van der Waals surface area contributed by atoms with Crippen LogP contribution in [-0.2, 0) is 9.53 Å². The van der Waals surface area contributed by atoms with Gasteiger partial charge < -0.3 is 14.7 Å². The number of aliphatic hydroxyl groups is 1. The molecule has 1 aliphatic heterocycles. The maximum absolute atomic E-state index is 11.7. The van der Waals surface area contributed by atoms with Crippen molar-refractivity contribution in [2.45, 2.75) is 18.6 Å². The van der Waals surface area contributed by atoms with Gasteiger partial charge in [0.2, 0.25) is 5.82 Å². The number of hydrogen-bond acceptors (Lipinski definition) is 7. The zero-order chi connectivity index (χ0) is 14.0. The molecule has 0 spiro atoms. The van der Waals surface area contributed by atoms with Crippen LogP contribution >= 0.6 is 0 Å². The third-order valence-electron chi connectivity index (χ3n) is 2.99. The first-order valence-corrected chi connectivity index (χ1v) is 5.66. The fourth-order valence-electron chi connectivity index (χ4n) is 2.16. The number of pyridine rings is 1. The van der Waals surface area contributed by atoms with Crippen LogP contribution in [0.3, 0.4) is 0 Å². The highest BCUT2D eigenvalue weighted by atomic mass is 16.6. The molecule has 1 aromatic heterocycles. The number of nitro groups is 1. The predicted octanol–water partition coefficient (Wildman–Crippen LogP) is 0.102. The van der Waals surface area contributed by atoms with Crippen LogP contribution in [0.25, 0.3) is 0 Å². The van der Waals surface area contributed by atoms with Crippen LogP contribution in [0.5, 0.6) is 0 Å². The molecular weight excluding hydrogens is 254 g/mol. The van der Waals surface area contributed by atoms with Gasteiger partial charge in [0.15, 0.2) is 0 Å². The van der Waals surface area contributed by atoms with Gasteiger partial charge in [-0.1, -0.05) is 0 Å². The number of carbonyl (C=O) groups excluding carboxylic acids is 1. The third-order valence-corrected chi connectivity index (χ3v) is 2.99. The van der Waals surface area contributed by atoms with Crippen LogP contribution in [-0.4, -0.2) is 46.8 Å². The van der Waals surface area contributed by atoms with Crippen LogP contribution in [0.1, 0.15) is 6.42 Å². The van der Waals surface area contributed by atoms with E-state index in [0.717, 1.165) is 0 Å². The van der Waals surface area contributed by atoms with E-state index in [1.165, 1.54) is 30.3 Å². The number of carbonyl (C=O) groups is 1. The van der Waals surface area contributed by atoms with E-state index in [9.17, 15) is 20.0 Å². The van der Waals surface area contributed by atoms with Gasteiger partial charge in [0, 0.05) is 25.2 Å². The van der Waals surface area contributed by atoms with Gasteiger partial charge in [-0.05, 0) is 6.07 Å². The van der Waals surface area contributed by atoms with Crippen LogP contribution in [0.2, 0.25) is 0 Å². The molecule has 0 amide bonds. The second-order valence-electron chi connectivity index (χ2n) is 4.18. The summed E-state index contributed by atoms with van der Waals surface area (Å²) in [7, 11) is 1.23. The summed E-state index contributed by atoms with van der Waals surface area (Å²) in [6.07, 6.45) is 0.826. The Hall–Kier alpha value is -2.22. The Kier molecular flexibility index (Phi) is 3.61. The van der Waals surface area contributed by atoms with Crippen LogP contribution in [0.15, 0.2) is 18.3 Å². The Balaban J connectivity index is 2.39. The number of aliphatic hydroxyl groups excluding tert-OH is 1. The lowest BCUT2D eigenvalue weighted by atomic mass is 10.2. The molecule has 8 heteroatoms. The van der Waals surface area contributed by atoms with Crippen molar-refractivity contribution in [3.63, 3.8) is 0 Å². The second-order valence-corrected chi connectivity index (χ2v) is 4.18. The maximum Gasteiger partial charge on any atom is 0.328 e. The largest absolute Gasteiger partial charge is 0.467 e. The molecule has 2 atom stereocenters. The van der Waals surface area contributed by atoms with Gasteiger partial charge in [-0.25, -0.2) is 9.78 Å². The molecule has 19 heavy (non-hydrogen) atoms. The molecule has 1 aromatic rings. The van der Waals surface area contributed by atoms with E-state index >= 15 is 0 Å². The van der Waals surface area contributed by atoms with Gasteiger partial charge in [0.25, 0.3) is 0 Å². The molecule has 8 nitrogen and oxygen atoms in total. The summed E-state index contributed by atoms with van der Waals surface area (Å²) in [5.74, 6) is -0.476. The lowest BCUT2D eigenvalue weighted by Crippen LogP contribution is -2.37. The molecule has 0 bridgehead atoms. The van der Waals surface area contributed by atoms with Crippen LogP contribution in [0.4, 0.5) is 11.5 Å². The van der Waals surface area contributed by atoms with E-state index < -0.39 is 23.0 Å². The standard InChI is InChI=1S/C11H13N3O5/c1-19-11(16)9-5-7(15)6-13(9)10-8(14(17)18)3-2-4-12-10/h2-4,7,9,15H,5-6H2,1H3/t7-,9+/m0/s1. The van der Waals surface area contributed by atoms with Crippen LogP contribution < -0.4 is 4.90 Å². The normalized spacial score (nSPS) is 22.3. The number of aromatic nitrogens is 1. The fourth-order valence-corrected chi connectivity index (χ4v) is 2.16. The third kappa shape index (κ3) is 2.48. The molecule has 0 radical (unpaired) electrons. The number of methoxy groups -OCH3 is 1. The van der Waals surface area contributed by atoms with E-state index in [0.29, 0.717) is 0 Å². The number of rotatable bonds is 3. The summed E-state index contributed by atoms with van der Waals surface area (Å²) in [6.45, 7) is 0.109. The van der Waals surface area contributed by atoms with Gasteiger partial charge >= 0.3 is 11.7 Å². The first kappa shape index (κ1) is 13.2. The lowest BCUT2D eigenvalue weighted by molar-refractivity contribution is -0.384. The summed E-state index contributed by atoms with van der Waals surface area (Å²) in [5, 5.41) is 20.6. The van der Waals surface area contributed by atoms with Gasteiger partial charge in [-0.15, -0.1) is 0 Å². The van der Waals surface area contributed by atoms with Crippen molar-refractivity contribution in [1.82, 2.24) is 4.98 Å². The topological polar surface area (TPSA) is 106 Å². The highest BCUT2D eigenvalue weighted by Crippen LogP contribution is 2.31. The molecule has 0 aromatic carbocycles. The first-order chi connectivity index (χ1) is 9.04. The summed E-state index contributed by atoms with van der Waals surface area (Å²) >= 11 is 0. The number of ether oxygens (including phenoxy) is 1. The lowest BCUT2D eigenvalue weighted by Gasteiger charge is -2.22. The monoisotopic (exact) mass is 267 g/mol. The summed E-state index contributed by atoms with van der Waals surface area (Å²) in [5.41, 5.74) is -0.203. The zero-order valence-electron chi connectivity index (χ0n) is 10.2. The van der Waals surface area contributed by atoms with Crippen molar-refractivity contribution in [1.29, 1.82) is 0 Å². The van der Waals surface area contributed by atoms with E-state index in [1.54, 1.807) is 0 Å². The minimum absolute atomic E-state index is 0.0689. The molecular formula is C11H13N3O5. The minimum Gasteiger partial charge on any atom is -0.467 e. The van der Waals surface area contributed by atoms with Gasteiger partial charge in [0.1, 0.15) is 6.04 Å². The first-order valence-electron chi connectivity index (χ1n) is 5.66. The van der Waals surface area contributed by atoms with Crippen molar-refractivity contribution < 1.29 is 19.6 Å². The summed E-state index contributed by atoms with van der Waals surface area (Å²) < 4.78 is 4.65. The number of anilines is 1. The SMILES string of the molecule is COC(=O)[C@H]1C[C@H](O)CN1c1ncccc1[N+](=O)[O-]. The van der Waals surface area contributed by atoms with Crippen molar-refractivity contribution in [3.8, 4) is 0 Å². The molecule has 2 rings (SSSR count). The minimum atomic E-state index is -0.756. The Bertz CT molecular complexity index is 507. The number of esters is 1. The number of β-amino-alcohol motifs (C(OH)–C–C–N with tert-alkyl or cyclic N) is 1. The van der Waals surface area contributed by atoms with Crippen molar-refractivity contribution >= 4 is 17.5 Å². The second kappa shape index (κ2) is 5.19. The Labute approximate surface area is 108 Å². The maximum atomic E-state index is 11.7. The van der Waals surface area contributed by atoms with E-state index in [-0.39, 0.29) is 24.5 Å². The Morgan fingerprint density at radius 2 is 2.42 bits per heavy atom. The van der Waals surface area contributed by atoms with E-state index in [2.05, 4.69) is 9.72 Å².